The quantitative estimate of drug-likeness (QED) is 0.744. The Morgan fingerprint density at radius 1 is 1.17 bits per heavy atom. The molecule has 23 heavy (non-hydrogen) atoms. The van der Waals surface area contributed by atoms with Crippen LogP contribution >= 0.6 is 24.8 Å². The monoisotopic (exact) mass is 361 g/mol. The van der Waals surface area contributed by atoms with Crippen molar-refractivity contribution in [3.63, 3.8) is 0 Å². The summed E-state index contributed by atoms with van der Waals surface area (Å²) in [5.74, 6) is 0.286. The highest BCUT2D eigenvalue weighted by Gasteiger charge is 2.20. The fraction of sp³-hybridized carbons (Fsp3) is 0.438. The maximum atomic E-state index is 12.3. The van der Waals surface area contributed by atoms with Gasteiger partial charge in [0.25, 0.3) is 5.91 Å². The van der Waals surface area contributed by atoms with Gasteiger partial charge < -0.3 is 20.0 Å². The highest BCUT2D eigenvalue weighted by Crippen LogP contribution is 2.26. The van der Waals surface area contributed by atoms with Gasteiger partial charge in [-0.1, -0.05) is 18.2 Å². The van der Waals surface area contributed by atoms with E-state index >= 15 is 0 Å². The minimum atomic E-state index is -0.140. The SMILES string of the molecule is CNCCCNC(=O)c1oc2ccccc2c1CN(C)C.Cl.Cl. The summed E-state index contributed by atoms with van der Waals surface area (Å²) in [6, 6.07) is 7.77. The molecule has 2 rings (SSSR count). The molecule has 5 nitrogen and oxygen atoms in total. The Bertz CT molecular complexity index is 614. The molecular formula is C16H25Cl2N3O2. The average molecular weight is 362 g/mol. The Balaban J connectivity index is 0.00000242. The van der Waals surface area contributed by atoms with Crippen molar-refractivity contribution < 1.29 is 9.21 Å². The van der Waals surface area contributed by atoms with Gasteiger partial charge in [-0.2, -0.15) is 0 Å². The van der Waals surface area contributed by atoms with Crippen LogP contribution in [-0.4, -0.2) is 45.0 Å². The summed E-state index contributed by atoms with van der Waals surface area (Å²) in [4.78, 5) is 14.4. The molecule has 1 amide bonds. The highest BCUT2D eigenvalue weighted by molar-refractivity contribution is 5.99. The summed E-state index contributed by atoms with van der Waals surface area (Å²) < 4.78 is 5.76. The van der Waals surface area contributed by atoms with Gasteiger partial charge in [-0.15, -0.1) is 24.8 Å². The van der Waals surface area contributed by atoms with Crippen molar-refractivity contribution in [2.24, 2.45) is 0 Å². The lowest BCUT2D eigenvalue weighted by Gasteiger charge is -2.10. The van der Waals surface area contributed by atoms with Crippen molar-refractivity contribution in [2.45, 2.75) is 13.0 Å². The molecule has 0 atom stereocenters. The van der Waals surface area contributed by atoms with Gasteiger partial charge in [0.15, 0.2) is 5.76 Å². The van der Waals surface area contributed by atoms with Crippen LogP contribution in [-0.2, 0) is 6.54 Å². The maximum Gasteiger partial charge on any atom is 0.287 e. The summed E-state index contributed by atoms with van der Waals surface area (Å²) in [5, 5.41) is 6.98. The number of halogens is 2. The third-order valence-electron chi connectivity index (χ3n) is 3.27. The third kappa shape index (κ3) is 5.70. The highest BCUT2D eigenvalue weighted by atomic mass is 35.5. The zero-order valence-corrected chi connectivity index (χ0v) is 15.4. The topological polar surface area (TPSA) is 57.5 Å². The number of nitrogens with zero attached hydrogens (tertiary/aromatic N) is 1. The largest absolute Gasteiger partial charge is 0.451 e. The van der Waals surface area contributed by atoms with Crippen LogP contribution in [0.1, 0.15) is 22.5 Å². The van der Waals surface area contributed by atoms with E-state index in [9.17, 15) is 4.79 Å². The summed E-state index contributed by atoms with van der Waals surface area (Å²) in [5.41, 5.74) is 1.71. The van der Waals surface area contributed by atoms with E-state index < -0.39 is 0 Å². The molecule has 0 aliphatic carbocycles. The Kier molecular flexibility index (Phi) is 9.91. The van der Waals surface area contributed by atoms with E-state index in [4.69, 9.17) is 4.42 Å². The first-order valence-electron chi connectivity index (χ1n) is 7.21. The second kappa shape index (κ2) is 10.5. The van der Waals surface area contributed by atoms with Gasteiger partial charge in [-0.3, -0.25) is 4.79 Å². The second-order valence-corrected chi connectivity index (χ2v) is 5.36. The molecule has 0 spiro atoms. The molecule has 0 fully saturated rings. The molecule has 7 heteroatoms. The van der Waals surface area contributed by atoms with E-state index in [1.165, 1.54) is 0 Å². The van der Waals surface area contributed by atoms with E-state index in [2.05, 4.69) is 10.6 Å². The van der Waals surface area contributed by atoms with Crippen molar-refractivity contribution in [3.8, 4) is 0 Å². The van der Waals surface area contributed by atoms with Gasteiger partial charge >= 0.3 is 0 Å². The number of hydrogen-bond acceptors (Lipinski definition) is 4. The normalized spacial score (nSPS) is 10.3. The zero-order chi connectivity index (χ0) is 15.2. The first-order chi connectivity index (χ1) is 10.1. The van der Waals surface area contributed by atoms with Crippen LogP contribution in [0.3, 0.4) is 0 Å². The maximum absolute atomic E-state index is 12.3. The molecule has 130 valence electrons. The molecule has 0 aliphatic rings. The molecule has 0 saturated heterocycles. The van der Waals surface area contributed by atoms with Crippen molar-refractivity contribution in [2.75, 3.05) is 34.2 Å². The molecule has 1 aromatic heterocycles. The lowest BCUT2D eigenvalue weighted by Crippen LogP contribution is -2.27. The molecule has 2 N–H and O–H groups in total. The predicted molar refractivity (Wildman–Crippen MR) is 99.0 cm³/mol. The van der Waals surface area contributed by atoms with Gasteiger partial charge in [0, 0.05) is 24.0 Å². The number of nitrogens with one attached hydrogen (secondary N) is 2. The predicted octanol–water partition coefficient (Wildman–Crippen LogP) is 2.68. The first kappa shape index (κ1) is 21.7. The first-order valence-corrected chi connectivity index (χ1v) is 7.21. The molecule has 0 saturated carbocycles. The van der Waals surface area contributed by atoms with Gasteiger partial charge in [0.05, 0.1) is 0 Å². The van der Waals surface area contributed by atoms with Gasteiger partial charge in [0.1, 0.15) is 5.58 Å². The number of carbonyl (C=O) groups is 1. The van der Waals surface area contributed by atoms with Crippen molar-refractivity contribution in [3.05, 3.63) is 35.6 Å². The fourth-order valence-corrected chi connectivity index (χ4v) is 2.30. The zero-order valence-electron chi connectivity index (χ0n) is 13.7. The number of carbonyl (C=O) groups excluding carboxylic acids is 1. The van der Waals surface area contributed by atoms with Gasteiger partial charge in [-0.05, 0) is 40.2 Å². The summed E-state index contributed by atoms with van der Waals surface area (Å²) in [6.07, 6.45) is 0.894. The lowest BCUT2D eigenvalue weighted by molar-refractivity contribution is 0.0925. The number of furan rings is 1. The van der Waals surface area contributed by atoms with Crippen LogP contribution in [0.5, 0.6) is 0 Å². The minimum absolute atomic E-state index is 0. The van der Waals surface area contributed by atoms with Crippen LogP contribution in [0.2, 0.25) is 0 Å². The van der Waals surface area contributed by atoms with Crippen LogP contribution in [0.4, 0.5) is 0 Å². The lowest BCUT2D eigenvalue weighted by atomic mass is 10.1. The molecular weight excluding hydrogens is 337 g/mol. The summed E-state index contributed by atoms with van der Waals surface area (Å²) >= 11 is 0. The third-order valence-corrected chi connectivity index (χ3v) is 3.27. The Morgan fingerprint density at radius 3 is 2.52 bits per heavy atom. The number of para-hydroxylation sites is 1. The number of rotatable bonds is 7. The average Bonchev–Trinajstić information content (AvgIpc) is 2.82. The molecule has 1 heterocycles. The van der Waals surface area contributed by atoms with E-state index in [-0.39, 0.29) is 30.7 Å². The number of benzene rings is 1. The van der Waals surface area contributed by atoms with Crippen LogP contribution in [0, 0.1) is 0 Å². The van der Waals surface area contributed by atoms with Crippen molar-refractivity contribution >= 4 is 41.7 Å². The Hall–Kier alpha value is -1.27. The standard InChI is InChI=1S/C16H23N3O2.2ClH/c1-17-9-6-10-18-16(20)15-13(11-19(2)3)12-7-4-5-8-14(12)21-15;;/h4-5,7-8,17H,6,9-11H2,1-3H3,(H,18,20);2*1H. The number of amides is 1. The molecule has 2 aromatic rings. The van der Waals surface area contributed by atoms with E-state index in [0.29, 0.717) is 18.8 Å². The van der Waals surface area contributed by atoms with Crippen molar-refractivity contribution in [1.29, 1.82) is 0 Å². The van der Waals surface area contributed by atoms with Crippen LogP contribution < -0.4 is 10.6 Å². The molecule has 0 aliphatic heterocycles. The summed E-state index contributed by atoms with van der Waals surface area (Å²) in [6.45, 7) is 2.19. The van der Waals surface area contributed by atoms with E-state index in [1.807, 2.05) is 50.3 Å². The smallest absolute Gasteiger partial charge is 0.287 e. The van der Waals surface area contributed by atoms with Crippen LogP contribution in [0.15, 0.2) is 28.7 Å². The van der Waals surface area contributed by atoms with Crippen molar-refractivity contribution in [1.82, 2.24) is 15.5 Å². The number of hydrogen-bond donors (Lipinski definition) is 2. The number of fused-ring (bicyclic) bond motifs is 1. The minimum Gasteiger partial charge on any atom is -0.451 e. The molecule has 0 unspecified atom stereocenters. The van der Waals surface area contributed by atoms with E-state index in [0.717, 1.165) is 29.5 Å². The molecule has 0 bridgehead atoms. The van der Waals surface area contributed by atoms with Crippen LogP contribution in [0.25, 0.3) is 11.0 Å². The summed E-state index contributed by atoms with van der Waals surface area (Å²) in [7, 11) is 5.86. The Morgan fingerprint density at radius 2 is 1.87 bits per heavy atom. The molecule has 0 radical (unpaired) electrons. The van der Waals surface area contributed by atoms with E-state index in [1.54, 1.807) is 0 Å². The van der Waals surface area contributed by atoms with Gasteiger partial charge in [0.2, 0.25) is 0 Å². The molecule has 1 aromatic carbocycles. The van der Waals surface area contributed by atoms with Gasteiger partial charge in [-0.25, -0.2) is 0 Å². The Labute approximate surface area is 149 Å². The fourth-order valence-electron chi connectivity index (χ4n) is 2.30. The second-order valence-electron chi connectivity index (χ2n) is 5.36.